The Hall–Kier alpha value is 1.78. The molecule has 0 heterocycles. The van der Waals surface area contributed by atoms with E-state index in [1.807, 2.05) is 0 Å². The molecule has 9 aliphatic rings. The zero-order valence-corrected chi connectivity index (χ0v) is 42.3. The van der Waals surface area contributed by atoms with E-state index < -0.39 is 0 Å². The van der Waals surface area contributed by atoms with Crippen LogP contribution in [-0.4, -0.2) is 50.9 Å². The molecule has 0 radical (unpaired) electrons. The van der Waals surface area contributed by atoms with Gasteiger partial charge in [-0.25, -0.2) is 0 Å². The first-order chi connectivity index (χ1) is 28.3. The summed E-state index contributed by atoms with van der Waals surface area (Å²) < 4.78 is 0. The Bertz CT molecular complexity index is 741. The Balaban J connectivity index is 0.000000145. The summed E-state index contributed by atoms with van der Waals surface area (Å²) in [4.78, 5) is 0. The molecular formula is C54H99NiP3. The first-order valence-corrected chi connectivity index (χ1v) is 32.3. The van der Waals surface area contributed by atoms with Crippen LogP contribution in [0.5, 0.6) is 0 Å². The van der Waals surface area contributed by atoms with Gasteiger partial charge in [0.05, 0.1) is 0 Å². The molecule has 0 N–H and O–H groups in total. The average Bonchev–Trinajstić information content (AvgIpc) is 3.30. The summed E-state index contributed by atoms with van der Waals surface area (Å²) in [7, 11) is 1.15. The van der Waals surface area contributed by atoms with Gasteiger partial charge in [0, 0.05) is 16.5 Å². The van der Waals surface area contributed by atoms with Crippen molar-refractivity contribution >= 4 is 23.8 Å². The third-order valence-electron chi connectivity index (χ3n) is 18.0. The Kier molecular flexibility index (Phi) is 24.3. The summed E-state index contributed by atoms with van der Waals surface area (Å²) in [5.74, 6) is 0. The van der Waals surface area contributed by atoms with Crippen LogP contribution in [0.15, 0.2) is 0 Å². The van der Waals surface area contributed by atoms with Crippen LogP contribution in [0.3, 0.4) is 0 Å². The summed E-state index contributed by atoms with van der Waals surface area (Å²) in [6, 6.07) is 0. The molecule has 0 saturated heterocycles. The molecule has 58 heavy (non-hydrogen) atoms. The van der Waals surface area contributed by atoms with Gasteiger partial charge in [0.15, 0.2) is 0 Å². The van der Waals surface area contributed by atoms with Crippen molar-refractivity contribution in [2.45, 2.75) is 340 Å². The summed E-state index contributed by atoms with van der Waals surface area (Å²) in [5.41, 5.74) is 10.7. The van der Waals surface area contributed by atoms with Crippen LogP contribution >= 0.6 is 23.8 Å². The van der Waals surface area contributed by atoms with Gasteiger partial charge >= 0.3 is 0 Å². The third-order valence-corrected chi connectivity index (χ3v) is 30.2. The van der Waals surface area contributed by atoms with Gasteiger partial charge in [0.1, 0.15) is 0 Å². The molecule has 0 aromatic rings. The van der Waals surface area contributed by atoms with E-state index in [9.17, 15) is 0 Å². The molecule has 0 unspecified atom stereocenters. The maximum atomic E-state index is 1.61. The van der Waals surface area contributed by atoms with Crippen LogP contribution in [-0.2, 0) is 16.5 Å². The topological polar surface area (TPSA) is 0 Å². The third kappa shape index (κ3) is 15.5. The van der Waals surface area contributed by atoms with E-state index in [1.165, 1.54) is 109 Å². The van der Waals surface area contributed by atoms with Gasteiger partial charge in [-0.05, 0) is 167 Å². The van der Waals surface area contributed by atoms with E-state index in [1.54, 1.807) is 231 Å². The Morgan fingerprint density at radius 3 is 0.310 bits per heavy atom. The Morgan fingerprint density at radius 2 is 0.224 bits per heavy atom. The molecule has 9 rings (SSSR count). The molecule has 0 amide bonds. The minimum atomic E-state index is 0. The van der Waals surface area contributed by atoms with Crippen LogP contribution < -0.4 is 0 Å². The molecule has 0 aromatic carbocycles. The van der Waals surface area contributed by atoms with Gasteiger partial charge in [-0.2, -0.15) is 0 Å². The van der Waals surface area contributed by atoms with E-state index in [-0.39, 0.29) is 16.5 Å². The average molecular weight is 900 g/mol. The maximum Gasteiger partial charge on any atom is 0 e. The normalized spacial score (nSPS) is 28.4. The van der Waals surface area contributed by atoms with E-state index in [2.05, 4.69) is 0 Å². The number of hydrogen-bond acceptors (Lipinski definition) is 0. The van der Waals surface area contributed by atoms with Crippen molar-refractivity contribution in [3.05, 3.63) is 0 Å². The second-order valence-corrected chi connectivity index (χ2v) is 31.2. The molecule has 0 nitrogen and oxygen atoms in total. The molecular weight excluding hydrogens is 800 g/mol. The smallest absolute Gasteiger partial charge is 0 e. The molecule has 9 aliphatic carbocycles. The van der Waals surface area contributed by atoms with Crippen molar-refractivity contribution in [2.24, 2.45) is 0 Å². The molecule has 340 valence electrons. The molecule has 4 heteroatoms. The molecule has 0 bridgehead atoms. The molecule has 9 saturated carbocycles. The van der Waals surface area contributed by atoms with E-state index >= 15 is 0 Å². The van der Waals surface area contributed by atoms with Crippen LogP contribution in [0, 0.1) is 0 Å². The Labute approximate surface area is 378 Å². The molecule has 0 atom stereocenters. The largest absolute Gasteiger partial charge is 0.0971 e. The molecule has 9 fully saturated rings. The summed E-state index contributed by atoms with van der Waals surface area (Å²) in [6.07, 6.45) is 70.9. The fraction of sp³-hybridized carbons (Fsp3) is 1.00. The van der Waals surface area contributed by atoms with Crippen molar-refractivity contribution < 1.29 is 16.5 Å². The van der Waals surface area contributed by atoms with Crippen molar-refractivity contribution in [2.75, 3.05) is 0 Å². The number of hydrogen-bond donors (Lipinski definition) is 0. The van der Waals surface area contributed by atoms with Crippen LogP contribution in [0.4, 0.5) is 0 Å². The fourth-order valence-electron chi connectivity index (χ4n) is 15.1. The number of rotatable bonds is 9. The predicted molar refractivity (Wildman–Crippen MR) is 263 cm³/mol. The first-order valence-electron chi connectivity index (χ1n) is 27.7. The van der Waals surface area contributed by atoms with Gasteiger partial charge in [-0.15, -0.1) is 0 Å². The zero-order chi connectivity index (χ0) is 38.7. The zero-order valence-electron chi connectivity index (χ0n) is 38.7. The van der Waals surface area contributed by atoms with Gasteiger partial charge in [-0.1, -0.05) is 197 Å². The SMILES string of the molecule is C1CCC(P(C2CCCCC2)C2CCCCC2)CC1.C1CCC(P(C2CCCCC2)C2CCCCC2)CC1.C1CCC(P(C2CCCCC2)C2CCCCC2)CC1.[Ni]. The maximum absolute atomic E-state index is 1.61. The van der Waals surface area contributed by atoms with Gasteiger partial charge in [-0.3, -0.25) is 0 Å². The second-order valence-electron chi connectivity index (χ2n) is 22.0. The van der Waals surface area contributed by atoms with E-state index in [0.717, 1.165) is 0 Å². The van der Waals surface area contributed by atoms with E-state index in [0.29, 0.717) is 23.8 Å². The van der Waals surface area contributed by atoms with Crippen LogP contribution in [0.1, 0.15) is 289 Å². The summed E-state index contributed by atoms with van der Waals surface area (Å²) in [5, 5.41) is 0. The van der Waals surface area contributed by atoms with Gasteiger partial charge in [0.25, 0.3) is 0 Å². The molecule has 0 aromatic heterocycles. The molecule has 0 spiro atoms. The monoisotopic (exact) mass is 899 g/mol. The second kappa shape index (κ2) is 28.6. The van der Waals surface area contributed by atoms with Gasteiger partial charge < -0.3 is 0 Å². The summed E-state index contributed by atoms with van der Waals surface area (Å²) in [6.45, 7) is 0. The fourth-order valence-corrected chi connectivity index (χ4v) is 29.1. The minimum absolute atomic E-state index is 0. The van der Waals surface area contributed by atoms with Crippen molar-refractivity contribution in [1.82, 2.24) is 0 Å². The standard InChI is InChI=1S/3C18H33P.Ni/c3*1-4-10-16(11-5-1)19(17-12-6-2-7-13-17)18-14-8-3-9-15-18;/h3*16-18H,1-15H2;. The van der Waals surface area contributed by atoms with Crippen molar-refractivity contribution in [1.29, 1.82) is 0 Å². The van der Waals surface area contributed by atoms with Crippen molar-refractivity contribution in [3.63, 3.8) is 0 Å². The predicted octanol–water partition coefficient (Wildman–Crippen LogP) is 19.4. The van der Waals surface area contributed by atoms with E-state index in [4.69, 9.17) is 0 Å². The molecule has 0 aliphatic heterocycles. The quantitative estimate of drug-likeness (QED) is 0.160. The minimum Gasteiger partial charge on any atom is -0.0971 e. The van der Waals surface area contributed by atoms with Crippen LogP contribution in [0.2, 0.25) is 0 Å². The van der Waals surface area contributed by atoms with Crippen molar-refractivity contribution in [3.8, 4) is 0 Å². The first kappa shape index (κ1) is 49.2. The van der Waals surface area contributed by atoms with Gasteiger partial charge in [0.2, 0.25) is 0 Å². The summed E-state index contributed by atoms with van der Waals surface area (Å²) >= 11 is 0. The van der Waals surface area contributed by atoms with Crippen LogP contribution in [0.25, 0.3) is 0 Å². The Morgan fingerprint density at radius 1 is 0.138 bits per heavy atom.